The van der Waals surface area contributed by atoms with Crippen LogP contribution in [0.5, 0.6) is 11.5 Å². The molecule has 0 spiro atoms. The van der Waals surface area contributed by atoms with E-state index in [1.54, 1.807) is 50.6 Å². The molecule has 0 radical (unpaired) electrons. The highest BCUT2D eigenvalue weighted by molar-refractivity contribution is 9.10. The lowest BCUT2D eigenvalue weighted by atomic mass is 9.89. The highest BCUT2D eigenvalue weighted by atomic mass is 79.9. The molecule has 36 heavy (non-hydrogen) atoms. The van der Waals surface area contributed by atoms with E-state index < -0.39 is 0 Å². The first kappa shape index (κ1) is 28.4. The van der Waals surface area contributed by atoms with E-state index in [0.29, 0.717) is 58.0 Å². The minimum Gasteiger partial charge on any atom is -0.490 e. The van der Waals surface area contributed by atoms with Crippen LogP contribution in [-0.4, -0.2) is 64.5 Å². The molecule has 1 fully saturated rings. The second kappa shape index (κ2) is 14.6. The Labute approximate surface area is 228 Å². The maximum atomic E-state index is 13.0. The maximum Gasteiger partial charge on any atom is 0.251 e. The topological polar surface area (TPSA) is 95.1 Å². The van der Waals surface area contributed by atoms with Crippen LogP contribution >= 0.6 is 31.9 Å². The van der Waals surface area contributed by atoms with Gasteiger partial charge in [-0.25, -0.2) is 0 Å². The average molecular weight is 628 g/mol. The predicted octanol–water partition coefficient (Wildman–Crippen LogP) is 4.73. The standard InChI is InChI=1S/C26H32Br2N2O6/c1-33-11-13-35-23-9-7-17(15-19(23)27)25(31)29-21-5-3-4-6-22(21)30-26(32)18-8-10-24(20(28)16-18)36-14-12-34-2/h7-10,15-16,21-22H,3-6,11-14H2,1-2H3,(H,29,31)(H,30,32). The van der Waals surface area contributed by atoms with Gasteiger partial charge >= 0.3 is 0 Å². The summed E-state index contributed by atoms with van der Waals surface area (Å²) >= 11 is 6.94. The summed E-state index contributed by atoms with van der Waals surface area (Å²) in [6, 6.07) is 10.1. The van der Waals surface area contributed by atoms with Crippen molar-refractivity contribution in [2.45, 2.75) is 37.8 Å². The first-order valence-corrected chi connectivity index (χ1v) is 13.5. The number of amides is 2. The van der Waals surface area contributed by atoms with E-state index in [2.05, 4.69) is 42.5 Å². The Bertz CT molecular complexity index is 954. The molecule has 0 saturated heterocycles. The van der Waals surface area contributed by atoms with Gasteiger partial charge in [-0.15, -0.1) is 0 Å². The third kappa shape index (κ3) is 8.19. The van der Waals surface area contributed by atoms with Crippen molar-refractivity contribution in [1.82, 2.24) is 10.6 Å². The second-order valence-electron chi connectivity index (χ2n) is 8.42. The molecule has 0 heterocycles. The minimum absolute atomic E-state index is 0.160. The van der Waals surface area contributed by atoms with Gasteiger partial charge < -0.3 is 29.6 Å². The summed E-state index contributed by atoms with van der Waals surface area (Å²) in [5.74, 6) is 0.913. The summed E-state index contributed by atoms with van der Waals surface area (Å²) in [6.07, 6.45) is 3.58. The molecule has 3 rings (SSSR count). The molecule has 1 aliphatic rings. The van der Waals surface area contributed by atoms with Crippen LogP contribution < -0.4 is 20.1 Å². The van der Waals surface area contributed by atoms with Crippen molar-refractivity contribution in [3.8, 4) is 11.5 Å². The Morgan fingerprint density at radius 2 is 1.17 bits per heavy atom. The van der Waals surface area contributed by atoms with Gasteiger partial charge in [-0.05, 0) is 81.1 Å². The number of carbonyl (C=O) groups excluding carboxylic acids is 2. The molecule has 0 aliphatic heterocycles. The third-order valence-electron chi connectivity index (χ3n) is 5.88. The summed E-state index contributed by atoms with van der Waals surface area (Å²) in [5.41, 5.74) is 1.04. The van der Waals surface area contributed by atoms with Crippen LogP contribution in [0, 0.1) is 0 Å². The lowest BCUT2D eigenvalue weighted by Crippen LogP contribution is -2.53. The largest absolute Gasteiger partial charge is 0.490 e. The quantitative estimate of drug-likeness (QED) is 0.330. The van der Waals surface area contributed by atoms with Crippen LogP contribution in [0.1, 0.15) is 46.4 Å². The van der Waals surface area contributed by atoms with E-state index in [4.69, 9.17) is 18.9 Å². The number of benzene rings is 2. The molecule has 196 valence electrons. The zero-order valence-electron chi connectivity index (χ0n) is 20.5. The predicted molar refractivity (Wildman–Crippen MR) is 144 cm³/mol. The van der Waals surface area contributed by atoms with E-state index in [-0.39, 0.29) is 23.9 Å². The lowest BCUT2D eigenvalue weighted by Gasteiger charge is -2.33. The normalized spacial score (nSPS) is 17.3. The van der Waals surface area contributed by atoms with Gasteiger partial charge in [0.2, 0.25) is 0 Å². The number of hydrogen-bond acceptors (Lipinski definition) is 6. The summed E-state index contributed by atoms with van der Waals surface area (Å²) in [7, 11) is 3.23. The van der Waals surface area contributed by atoms with Crippen molar-refractivity contribution in [3.05, 3.63) is 56.5 Å². The molecule has 2 N–H and O–H groups in total. The number of nitrogens with one attached hydrogen (secondary N) is 2. The maximum absolute atomic E-state index is 13.0. The summed E-state index contributed by atoms with van der Waals surface area (Å²) in [6.45, 7) is 1.80. The summed E-state index contributed by atoms with van der Waals surface area (Å²) in [4.78, 5) is 26.0. The van der Waals surface area contributed by atoms with Gasteiger partial charge in [0.15, 0.2) is 0 Å². The Balaban J connectivity index is 1.61. The van der Waals surface area contributed by atoms with Gasteiger partial charge in [0.1, 0.15) is 24.7 Å². The molecule has 2 unspecified atom stereocenters. The van der Waals surface area contributed by atoms with E-state index in [1.165, 1.54) is 0 Å². The molecule has 8 nitrogen and oxygen atoms in total. The molecule has 0 bridgehead atoms. The summed E-state index contributed by atoms with van der Waals surface area (Å²) < 4.78 is 22.7. The van der Waals surface area contributed by atoms with Crippen molar-refractivity contribution >= 4 is 43.7 Å². The van der Waals surface area contributed by atoms with E-state index >= 15 is 0 Å². The second-order valence-corrected chi connectivity index (χ2v) is 10.1. The monoisotopic (exact) mass is 626 g/mol. The molecule has 0 aromatic heterocycles. The van der Waals surface area contributed by atoms with Crippen LogP contribution in [0.25, 0.3) is 0 Å². The van der Waals surface area contributed by atoms with Crippen LogP contribution in [0.4, 0.5) is 0 Å². The van der Waals surface area contributed by atoms with Crippen LogP contribution in [0.15, 0.2) is 45.3 Å². The Hall–Kier alpha value is -2.14. The molecule has 2 atom stereocenters. The first-order chi connectivity index (χ1) is 17.4. The lowest BCUT2D eigenvalue weighted by molar-refractivity contribution is 0.0862. The van der Waals surface area contributed by atoms with Crippen LogP contribution in [0.3, 0.4) is 0 Å². The number of methoxy groups -OCH3 is 2. The smallest absolute Gasteiger partial charge is 0.251 e. The van der Waals surface area contributed by atoms with Gasteiger partial charge in [-0.3, -0.25) is 9.59 Å². The molecule has 1 aliphatic carbocycles. The number of halogens is 2. The number of ether oxygens (including phenoxy) is 4. The van der Waals surface area contributed by atoms with Crippen molar-refractivity contribution in [3.63, 3.8) is 0 Å². The van der Waals surface area contributed by atoms with Crippen molar-refractivity contribution in [1.29, 1.82) is 0 Å². The zero-order valence-corrected chi connectivity index (χ0v) is 23.7. The Morgan fingerprint density at radius 3 is 1.53 bits per heavy atom. The molecule has 10 heteroatoms. The van der Waals surface area contributed by atoms with E-state index in [0.717, 1.165) is 25.7 Å². The van der Waals surface area contributed by atoms with Gasteiger partial charge in [0, 0.05) is 37.4 Å². The SMILES string of the molecule is COCCOc1ccc(C(=O)NC2CCCCC2NC(=O)c2ccc(OCCOC)c(Br)c2)cc1Br. The van der Waals surface area contributed by atoms with Crippen molar-refractivity contribution in [2.24, 2.45) is 0 Å². The van der Waals surface area contributed by atoms with Gasteiger partial charge in [0.25, 0.3) is 11.8 Å². The number of hydrogen-bond donors (Lipinski definition) is 2. The molecule has 2 aromatic carbocycles. The third-order valence-corrected chi connectivity index (χ3v) is 7.12. The fourth-order valence-corrected chi connectivity index (χ4v) is 4.95. The van der Waals surface area contributed by atoms with E-state index in [9.17, 15) is 9.59 Å². The van der Waals surface area contributed by atoms with Crippen molar-refractivity contribution < 1.29 is 28.5 Å². The van der Waals surface area contributed by atoms with Crippen LogP contribution in [-0.2, 0) is 9.47 Å². The molecule has 2 amide bonds. The number of rotatable bonds is 12. The van der Waals surface area contributed by atoms with Crippen LogP contribution in [0.2, 0.25) is 0 Å². The molecular formula is C26H32Br2N2O6. The number of carbonyl (C=O) groups is 2. The zero-order chi connectivity index (χ0) is 25.9. The molecule has 2 aromatic rings. The first-order valence-electron chi connectivity index (χ1n) is 11.9. The summed E-state index contributed by atoms with van der Waals surface area (Å²) in [5, 5.41) is 6.23. The highest BCUT2D eigenvalue weighted by Crippen LogP contribution is 2.28. The average Bonchev–Trinajstić information content (AvgIpc) is 2.87. The molecular weight excluding hydrogens is 596 g/mol. The van der Waals surface area contributed by atoms with Gasteiger partial charge in [-0.2, -0.15) is 0 Å². The highest BCUT2D eigenvalue weighted by Gasteiger charge is 2.28. The minimum atomic E-state index is -0.189. The van der Waals surface area contributed by atoms with Gasteiger partial charge in [-0.1, -0.05) is 12.8 Å². The van der Waals surface area contributed by atoms with E-state index in [1.807, 2.05) is 0 Å². The fourth-order valence-electron chi connectivity index (χ4n) is 3.97. The fraction of sp³-hybridized carbons (Fsp3) is 0.462. The Morgan fingerprint density at radius 1 is 0.750 bits per heavy atom. The van der Waals surface area contributed by atoms with Gasteiger partial charge in [0.05, 0.1) is 22.2 Å². The Kier molecular flexibility index (Phi) is 11.5. The van der Waals surface area contributed by atoms with Crippen molar-refractivity contribution in [2.75, 3.05) is 40.6 Å². The molecule has 1 saturated carbocycles.